The molecule has 0 aliphatic carbocycles. The molecule has 0 fully saturated rings. The molecule has 0 saturated carbocycles. The van der Waals surface area contributed by atoms with E-state index in [1.807, 2.05) is 43.3 Å². The van der Waals surface area contributed by atoms with Crippen molar-refractivity contribution in [2.45, 2.75) is 6.92 Å². The van der Waals surface area contributed by atoms with Crippen molar-refractivity contribution in [1.82, 2.24) is 10.2 Å². The van der Waals surface area contributed by atoms with Gasteiger partial charge in [0.2, 0.25) is 5.13 Å². The second-order valence-corrected chi connectivity index (χ2v) is 6.56. The third kappa shape index (κ3) is 4.53. The van der Waals surface area contributed by atoms with E-state index in [2.05, 4.69) is 15.5 Å². The van der Waals surface area contributed by atoms with Crippen molar-refractivity contribution >= 4 is 22.4 Å². The average molecular weight is 385 g/mol. The Bertz CT molecular complexity index is 942. The average Bonchev–Trinajstić information content (AvgIpc) is 3.15. The number of anilines is 1. The quantitative estimate of drug-likeness (QED) is 0.670. The van der Waals surface area contributed by atoms with Gasteiger partial charge in [0.15, 0.2) is 18.1 Å². The number of nitrogens with zero attached hydrogens (tertiary/aromatic N) is 2. The van der Waals surface area contributed by atoms with Gasteiger partial charge in [-0.2, -0.15) is 0 Å². The number of para-hydroxylation sites is 1. The molecule has 1 amide bonds. The molecule has 0 unspecified atom stereocenters. The number of hydrogen-bond acceptors (Lipinski definition) is 7. The van der Waals surface area contributed by atoms with Crippen molar-refractivity contribution < 1.29 is 19.0 Å². The van der Waals surface area contributed by atoms with Crippen LogP contribution in [0.1, 0.15) is 5.56 Å². The van der Waals surface area contributed by atoms with Gasteiger partial charge in [0.25, 0.3) is 5.91 Å². The first-order valence-corrected chi connectivity index (χ1v) is 8.96. The maximum atomic E-state index is 12.1. The van der Waals surface area contributed by atoms with E-state index in [1.165, 1.54) is 11.3 Å². The van der Waals surface area contributed by atoms with Crippen molar-refractivity contribution in [2.24, 2.45) is 0 Å². The number of aryl methyl sites for hydroxylation is 1. The molecule has 0 saturated heterocycles. The summed E-state index contributed by atoms with van der Waals surface area (Å²) in [5, 5.41) is 11.9. The SMILES string of the molecule is COc1ccc(-c2nnc(NC(=O)COc3ccccc3C)s2)cc1OC. The molecule has 3 rings (SSSR count). The molecule has 1 N–H and O–H groups in total. The first kappa shape index (κ1) is 18.7. The molecule has 1 heterocycles. The van der Waals surface area contributed by atoms with Gasteiger partial charge < -0.3 is 14.2 Å². The Morgan fingerprint density at radius 3 is 2.56 bits per heavy atom. The van der Waals surface area contributed by atoms with Crippen molar-refractivity contribution in [3.8, 4) is 27.8 Å². The second-order valence-electron chi connectivity index (χ2n) is 5.58. The largest absolute Gasteiger partial charge is 0.493 e. The Labute approximate surface area is 160 Å². The van der Waals surface area contributed by atoms with Crippen LogP contribution in [0.3, 0.4) is 0 Å². The van der Waals surface area contributed by atoms with E-state index in [9.17, 15) is 4.79 Å². The zero-order valence-electron chi connectivity index (χ0n) is 15.2. The van der Waals surface area contributed by atoms with Gasteiger partial charge in [-0.15, -0.1) is 10.2 Å². The van der Waals surface area contributed by atoms with Crippen molar-refractivity contribution in [3.05, 3.63) is 48.0 Å². The van der Waals surface area contributed by atoms with E-state index in [4.69, 9.17) is 14.2 Å². The first-order chi connectivity index (χ1) is 13.1. The molecule has 27 heavy (non-hydrogen) atoms. The molecule has 3 aromatic rings. The molecule has 0 aliphatic heterocycles. The predicted molar refractivity (Wildman–Crippen MR) is 104 cm³/mol. The van der Waals surface area contributed by atoms with Crippen LogP contribution in [-0.2, 0) is 4.79 Å². The summed E-state index contributed by atoms with van der Waals surface area (Å²) in [6, 6.07) is 13.0. The van der Waals surface area contributed by atoms with Crippen LogP contribution < -0.4 is 19.5 Å². The first-order valence-electron chi connectivity index (χ1n) is 8.15. The zero-order valence-corrected chi connectivity index (χ0v) is 16.0. The fraction of sp³-hybridized carbons (Fsp3) is 0.211. The molecule has 0 atom stereocenters. The van der Waals surface area contributed by atoms with Gasteiger partial charge in [-0.05, 0) is 36.8 Å². The van der Waals surface area contributed by atoms with E-state index in [0.717, 1.165) is 11.1 Å². The Kier molecular flexibility index (Phi) is 5.87. The van der Waals surface area contributed by atoms with Gasteiger partial charge in [0.1, 0.15) is 10.8 Å². The number of carbonyl (C=O) groups excluding carboxylic acids is 1. The minimum absolute atomic E-state index is 0.101. The second kappa shape index (κ2) is 8.50. The lowest BCUT2D eigenvalue weighted by atomic mass is 10.2. The van der Waals surface area contributed by atoms with E-state index < -0.39 is 0 Å². The molecule has 0 spiro atoms. The topological polar surface area (TPSA) is 82.6 Å². The summed E-state index contributed by atoms with van der Waals surface area (Å²) in [6.07, 6.45) is 0. The van der Waals surface area contributed by atoms with Crippen LogP contribution in [0.4, 0.5) is 5.13 Å². The third-order valence-corrected chi connectivity index (χ3v) is 4.64. The predicted octanol–water partition coefficient (Wildman–Crippen LogP) is 3.55. The Morgan fingerprint density at radius 2 is 1.81 bits per heavy atom. The molecular weight excluding hydrogens is 366 g/mol. The number of hydrogen-bond donors (Lipinski definition) is 1. The van der Waals surface area contributed by atoms with Gasteiger partial charge >= 0.3 is 0 Å². The number of ether oxygens (including phenoxy) is 3. The summed E-state index contributed by atoms with van der Waals surface area (Å²) in [6.45, 7) is 1.82. The van der Waals surface area contributed by atoms with Gasteiger partial charge in [0, 0.05) is 5.56 Å². The third-order valence-electron chi connectivity index (χ3n) is 3.75. The number of nitrogens with one attached hydrogen (secondary N) is 1. The molecule has 8 heteroatoms. The normalized spacial score (nSPS) is 10.3. The molecule has 1 aromatic heterocycles. The highest BCUT2D eigenvalue weighted by molar-refractivity contribution is 7.18. The Morgan fingerprint density at radius 1 is 1.04 bits per heavy atom. The Balaban J connectivity index is 1.64. The number of carbonyl (C=O) groups is 1. The highest BCUT2D eigenvalue weighted by Crippen LogP contribution is 2.34. The van der Waals surface area contributed by atoms with E-state index in [0.29, 0.717) is 27.4 Å². The summed E-state index contributed by atoms with van der Waals surface area (Å²) in [5.41, 5.74) is 1.79. The van der Waals surface area contributed by atoms with Crippen molar-refractivity contribution in [1.29, 1.82) is 0 Å². The summed E-state index contributed by atoms with van der Waals surface area (Å²) < 4.78 is 16.1. The zero-order chi connectivity index (χ0) is 19.2. The summed E-state index contributed by atoms with van der Waals surface area (Å²) in [4.78, 5) is 12.1. The highest BCUT2D eigenvalue weighted by atomic mass is 32.1. The van der Waals surface area contributed by atoms with Gasteiger partial charge in [-0.3, -0.25) is 10.1 Å². The molecule has 2 aromatic carbocycles. The van der Waals surface area contributed by atoms with Crippen LogP contribution >= 0.6 is 11.3 Å². The molecule has 0 radical (unpaired) electrons. The minimum atomic E-state index is -0.298. The lowest BCUT2D eigenvalue weighted by molar-refractivity contribution is -0.118. The number of rotatable bonds is 7. The minimum Gasteiger partial charge on any atom is -0.493 e. The molecule has 140 valence electrons. The molecule has 0 bridgehead atoms. The maximum absolute atomic E-state index is 12.1. The monoisotopic (exact) mass is 385 g/mol. The molecule has 7 nitrogen and oxygen atoms in total. The highest BCUT2D eigenvalue weighted by Gasteiger charge is 2.13. The van der Waals surface area contributed by atoms with E-state index in [1.54, 1.807) is 20.3 Å². The van der Waals surface area contributed by atoms with Crippen LogP contribution in [0.5, 0.6) is 17.2 Å². The summed E-state index contributed by atoms with van der Waals surface area (Å²) in [7, 11) is 3.15. The summed E-state index contributed by atoms with van der Waals surface area (Å²) in [5.74, 6) is 1.61. The van der Waals surface area contributed by atoms with Crippen LogP contribution in [0, 0.1) is 6.92 Å². The summed E-state index contributed by atoms with van der Waals surface area (Å²) >= 11 is 1.27. The smallest absolute Gasteiger partial charge is 0.264 e. The van der Waals surface area contributed by atoms with Crippen molar-refractivity contribution in [2.75, 3.05) is 26.1 Å². The maximum Gasteiger partial charge on any atom is 0.264 e. The van der Waals surface area contributed by atoms with Crippen LogP contribution in [0.15, 0.2) is 42.5 Å². The number of methoxy groups -OCH3 is 2. The standard InChI is InChI=1S/C19H19N3O4S/c1-12-6-4-5-7-14(12)26-11-17(23)20-19-22-21-18(27-19)13-8-9-15(24-2)16(10-13)25-3/h4-10H,11H2,1-3H3,(H,20,22,23). The van der Waals surface area contributed by atoms with Crippen molar-refractivity contribution in [3.63, 3.8) is 0 Å². The lowest BCUT2D eigenvalue weighted by Gasteiger charge is -2.08. The van der Waals surface area contributed by atoms with Gasteiger partial charge in [-0.25, -0.2) is 0 Å². The van der Waals surface area contributed by atoms with E-state index in [-0.39, 0.29) is 12.5 Å². The lowest BCUT2D eigenvalue weighted by Crippen LogP contribution is -2.20. The Hall–Kier alpha value is -3.13. The van der Waals surface area contributed by atoms with Gasteiger partial charge in [0.05, 0.1) is 14.2 Å². The number of amides is 1. The van der Waals surface area contributed by atoms with Crippen LogP contribution in [0.25, 0.3) is 10.6 Å². The van der Waals surface area contributed by atoms with Crippen LogP contribution in [0.2, 0.25) is 0 Å². The van der Waals surface area contributed by atoms with Gasteiger partial charge in [-0.1, -0.05) is 29.5 Å². The molecular formula is C19H19N3O4S. The number of benzene rings is 2. The molecule has 0 aliphatic rings. The van der Waals surface area contributed by atoms with Crippen LogP contribution in [-0.4, -0.2) is 36.9 Å². The fourth-order valence-corrected chi connectivity index (χ4v) is 3.13. The number of aromatic nitrogens is 2. The van der Waals surface area contributed by atoms with E-state index >= 15 is 0 Å². The fourth-order valence-electron chi connectivity index (χ4n) is 2.38.